The van der Waals surface area contributed by atoms with Gasteiger partial charge in [-0.2, -0.15) is 0 Å². The molecule has 10 heteroatoms. The highest BCUT2D eigenvalue weighted by Gasteiger charge is 2.35. The van der Waals surface area contributed by atoms with E-state index in [4.69, 9.17) is 14.2 Å². The molecule has 2 atom stereocenters. The Balaban J connectivity index is 1.46. The van der Waals surface area contributed by atoms with Crippen LogP contribution >= 0.6 is 0 Å². The third-order valence-electron chi connectivity index (χ3n) is 6.08. The Labute approximate surface area is 213 Å². The van der Waals surface area contributed by atoms with E-state index in [1.807, 2.05) is 11.9 Å². The molecule has 2 heterocycles. The van der Waals surface area contributed by atoms with Crippen molar-refractivity contribution in [3.63, 3.8) is 0 Å². The molecule has 0 saturated carbocycles. The predicted molar refractivity (Wildman–Crippen MR) is 132 cm³/mol. The van der Waals surface area contributed by atoms with Gasteiger partial charge in [-0.3, -0.25) is 14.6 Å². The van der Waals surface area contributed by atoms with Crippen LogP contribution in [0.2, 0.25) is 0 Å². The molecule has 0 radical (unpaired) electrons. The smallest absolute Gasteiger partial charge is 0.338 e. The number of carbonyl (C=O) groups is 3. The largest absolute Gasteiger partial charge is 0.496 e. The summed E-state index contributed by atoms with van der Waals surface area (Å²) in [5, 5.41) is 2.91. The standard InChI is InChI=1S/C27H26FN3O6/c1-31-14-19(30-26(33)17-10-12-29-13-11-17)22(15-31)37-27(34)18-6-4-16(5-7-18)25(32)23-20(35-2)8-9-21(36-3)24(23)28/h4-13,19,22H,14-15H2,1-3H3,(H,30,33). The zero-order valence-electron chi connectivity index (χ0n) is 20.6. The van der Waals surface area contributed by atoms with Gasteiger partial charge in [-0.25, -0.2) is 9.18 Å². The minimum absolute atomic E-state index is 0.0667. The molecule has 9 nitrogen and oxygen atoms in total. The molecule has 0 spiro atoms. The average molecular weight is 508 g/mol. The van der Waals surface area contributed by atoms with Gasteiger partial charge in [0.15, 0.2) is 17.3 Å². The maximum absolute atomic E-state index is 14.8. The van der Waals surface area contributed by atoms with Crippen molar-refractivity contribution in [2.24, 2.45) is 0 Å². The van der Waals surface area contributed by atoms with Crippen molar-refractivity contribution in [2.75, 3.05) is 34.4 Å². The van der Waals surface area contributed by atoms with Crippen LogP contribution in [-0.2, 0) is 4.74 Å². The summed E-state index contributed by atoms with van der Waals surface area (Å²) in [5.41, 5.74) is 0.562. The maximum Gasteiger partial charge on any atom is 0.338 e. The number of aromatic nitrogens is 1. The van der Waals surface area contributed by atoms with Gasteiger partial charge in [-0.15, -0.1) is 0 Å². The van der Waals surface area contributed by atoms with Crippen LogP contribution in [-0.4, -0.2) is 74.0 Å². The van der Waals surface area contributed by atoms with E-state index in [-0.39, 0.29) is 34.1 Å². The Morgan fingerprint density at radius 2 is 1.51 bits per heavy atom. The Morgan fingerprint density at radius 1 is 0.892 bits per heavy atom. The van der Waals surface area contributed by atoms with Gasteiger partial charge >= 0.3 is 5.97 Å². The van der Waals surface area contributed by atoms with E-state index >= 15 is 0 Å². The van der Waals surface area contributed by atoms with Crippen LogP contribution < -0.4 is 14.8 Å². The summed E-state index contributed by atoms with van der Waals surface area (Å²) in [5.74, 6) is -2.36. The van der Waals surface area contributed by atoms with E-state index in [0.29, 0.717) is 18.7 Å². The minimum Gasteiger partial charge on any atom is -0.496 e. The average Bonchev–Trinajstić information content (AvgIpc) is 3.26. The number of likely N-dealkylation sites (N-methyl/N-ethyl adjacent to an activating group) is 1. The van der Waals surface area contributed by atoms with Crippen LogP contribution in [0.1, 0.15) is 36.6 Å². The van der Waals surface area contributed by atoms with E-state index in [9.17, 15) is 18.8 Å². The summed E-state index contributed by atoms with van der Waals surface area (Å²) in [7, 11) is 4.51. The van der Waals surface area contributed by atoms with Crippen LogP contribution in [0.15, 0.2) is 60.9 Å². The highest BCUT2D eigenvalue weighted by atomic mass is 19.1. The second kappa shape index (κ2) is 11.2. The van der Waals surface area contributed by atoms with Crippen molar-refractivity contribution in [1.29, 1.82) is 0 Å². The Bertz CT molecular complexity index is 1300. The van der Waals surface area contributed by atoms with Crippen molar-refractivity contribution < 1.29 is 33.0 Å². The molecule has 1 saturated heterocycles. The number of rotatable bonds is 8. The van der Waals surface area contributed by atoms with Gasteiger partial charge in [0.1, 0.15) is 17.4 Å². The molecule has 1 aromatic heterocycles. The number of hydrogen-bond acceptors (Lipinski definition) is 8. The van der Waals surface area contributed by atoms with Crippen molar-refractivity contribution in [1.82, 2.24) is 15.2 Å². The van der Waals surface area contributed by atoms with Crippen LogP contribution in [0.4, 0.5) is 4.39 Å². The lowest BCUT2D eigenvalue weighted by atomic mass is 10.00. The molecule has 0 bridgehead atoms. The van der Waals surface area contributed by atoms with E-state index in [1.165, 1.54) is 63.0 Å². The normalized spacial score (nSPS) is 17.2. The third-order valence-corrected chi connectivity index (χ3v) is 6.08. The first-order chi connectivity index (χ1) is 17.8. The van der Waals surface area contributed by atoms with E-state index in [0.717, 1.165) is 0 Å². The van der Waals surface area contributed by atoms with E-state index in [1.54, 1.807) is 12.1 Å². The Hall–Kier alpha value is -4.31. The summed E-state index contributed by atoms with van der Waals surface area (Å²) in [6.07, 6.45) is 2.49. The zero-order chi connectivity index (χ0) is 26.5. The molecule has 192 valence electrons. The van der Waals surface area contributed by atoms with Crippen molar-refractivity contribution >= 4 is 17.7 Å². The Kier molecular flexibility index (Phi) is 7.78. The highest BCUT2D eigenvalue weighted by molar-refractivity contribution is 6.11. The number of nitrogens with one attached hydrogen (secondary N) is 1. The number of likely N-dealkylation sites (tertiary alicyclic amines) is 1. The number of pyridine rings is 1. The topological polar surface area (TPSA) is 107 Å². The lowest BCUT2D eigenvalue weighted by Gasteiger charge is -2.20. The molecule has 1 aliphatic rings. The summed E-state index contributed by atoms with van der Waals surface area (Å²) in [4.78, 5) is 44.3. The number of benzene rings is 2. The fourth-order valence-corrected chi connectivity index (χ4v) is 4.16. The number of esters is 1. The molecule has 0 aliphatic carbocycles. The second-order valence-corrected chi connectivity index (χ2v) is 8.55. The molecule has 1 fully saturated rings. The summed E-state index contributed by atoms with van der Waals surface area (Å²) in [6.45, 7) is 0.953. The number of ketones is 1. The van der Waals surface area contributed by atoms with E-state index in [2.05, 4.69) is 10.3 Å². The van der Waals surface area contributed by atoms with Crippen LogP contribution in [0.3, 0.4) is 0 Å². The lowest BCUT2D eigenvalue weighted by Crippen LogP contribution is -2.44. The molecule has 4 rings (SSSR count). The molecule has 1 aliphatic heterocycles. The molecular weight excluding hydrogens is 481 g/mol. The Morgan fingerprint density at radius 3 is 2.16 bits per heavy atom. The maximum atomic E-state index is 14.8. The van der Waals surface area contributed by atoms with Gasteiger partial charge in [0.25, 0.3) is 5.91 Å². The number of nitrogens with zero attached hydrogens (tertiary/aromatic N) is 2. The highest BCUT2D eigenvalue weighted by Crippen LogP contribution is 2.31. The first-order valence-electron chi connectivity index (χ1n) is 11.5. The molecule has 1 amide bonds. The summed E-state index contributed by atoms with van der Waals surface area (Å²) >= 11 is 0. The molecular formula is C27H26FN3O6. The fourth-order valence-electron chi connectivity index (χ4n) is 4.16. The fraction of sp³-hybridized carbons (Fsp3) is 0.259. The lowest BCUT2D eigenvalue weighted by molar-refractivity contribution is 0.0270. The van der Waals surface area contributed by atoms with Gasteiger partial charge in [0.05, 0.1) is 25.8 Å². The predicted octanol–water partition coefficient (Wildman–Crippen LogP) is 2.74. The number of hydrogen-bond donors (Lipinski definition) is 1. The van der Waals surface area contributed by atoms with Crippen LogP contribution in [0.5, 0.6) is 11.5 Å². The number of halogens is 1. The van der Waals surface area contributed by atoms with Crippen molar-refractivity contribution in [2.45, 2.75) is 12.1 Å². The molecule has 2 aromatic carbocycles. The molecule has 3 aromatic rings. The van der Waals surface area contributed by atoms with Crippen molar-refractivity contribution in [3.8, 4) is 11.5 Å². The first kappa shape index (κ1) is 25.8. The number of methoxy groups -OCH3 is 2. The minimum atomic E-state index is -0.833. The van der Waals surface area contributed by atoms with Gasteiger partial charge in [0, 0.05) is 36.6 Å². The molecule has 2 unspecified atom stereocenters. The quantitative estimate of drug-likeness (QED) is 0.367. The first-order valence-corrected chi connectivity index (χ1v) is 11.5. The van der Waals surface area contributed by atoms with Crippen LogP contribution in [0.25, 0.3) is 0 Å². The van der Waals surface area contributed by atoms with Crippen LogP contribution in [0, 0.1) is 5.82 Å². The summed E-state index contributed by atoms with van der Waals surface area (Å²) < 4.78 is 30.6. The second-order valence-electron chi connectivity index (χ2n) is 8.55. The summed E-state index contributed by atoms with van der Waals surface area (Å²) in [6, 6.07) is 11.3. The van der Waals surface area contributed by atoms with Gasteiger partial charge in [-0.05, 0) is 43.4 Å². The van der Waals surface area contributed by atoms with Gasteiger partial charge < -0.3 is 24.4 Å². The van der Waals surface area contributed by atoms with E-state index < -0.39 is 29.7 Å². The molecule has 37 heavy (non-hydrogen) atoms. The number of ether oxygens (including phenoxy) is 3. The van der Waals surface area contributed by atoms with Gasteiger partial charge in [0.2, 0.25) is 0 Å². The van der Waals surface area contributed by atoms with Crippen molar-refractivity contribution in [3.05, 3.63) is 89.0 Å². The number of amides is 1. The molecule has 1 N–H and O–H groups in total. The third kappa shape index (κ3) is 5.59. The van der Waals surface area contributed by atoms with Gasteiger partial charge in [-0.1, -0.05) is 12.1 Å². The monoisotopic (exact) mass is 507 g/mol. The number of carbonyl (C=O) groups excluding carboxylic acids is 3. The zero-order valence-corrected chi connectivity index (χ0v) is 20.6. The SMILES string of the molecule is COc1ccc(OC)c(C(=O)c2ccc(C(=O)OC3CN(C)CC3NC(=O)c3ccncc3)cc2)c1F.